The molecular weight excluding hydrogens is 258 g/mol. The van der Waals surface area contributed by atoms with Gasteiger partial charge in [0.25, 0.3) is 0 Å². The molecule has 1 heterocycles. The van der Waals surface area contributed by atoms with Crippen molar-refractivity contribution < 1.29 is 14.4 Å². The molecule has 0 aromatic carbocycles. The summed E-state index contributed by atoms with van der Waals surface area (Å²) in [6.45, 7) is 0.00778. The summed E-state index contributed by atoms with van der Waals surface area (Å²) in [4.78, 5) is 13.9. The predicted octanol–water partition coefficient (Wildman–Crippen LogP) is 1.93. The fourth-order valence-electron chi connectivity index (χ4n) is 3.07. The minimum Gasteiger partial charge on any atom is -0.394 e. The average molecular weight is 279 g/mol. The van der Waals surface area contributed by atoms with Gasteiger partial charge < -0.3 is 14.5 Å². The number of hydrogen-bond donors (Lipinski definition) is 2. The molecule has 0 saturated heterocycles. The second-order valence-corrected chi connectivity index (χ2v) is 5.87. The summed E-state index contributed by atoms with van der Waals surface area (Å²) in [6, 6.07) is -0.222. The molecule has 1 aromatic heterocycles. The number of rotatable bonds is 3. The molecule has 1 fully saturated rings. The van der Waals surface area contributed by atoms with Gasteiger partial charge in [-0.1, -0.05) is 5.16 Å². The maximum atomic E-state index is 12.3. The smallest absolute Gasteiger partial charge is 0.323 e. The van der Waals surface area contributed by atoms with E-state index < -0.39 is 5.54 Å². The number of likely N-dealkylation sites (N-methyl/N-ethyl adjacent to an activating group) is 1. The molecule has 1 aromatic rings. The average Bonchev–Trinajstić information content (AvgIpc) is 2.81. The number of carbonyl (C=O) groups is 1. The van der Waals surface area contributed by atoms with E-state index in [1.54, 1.807) is 11.9 Å². The van der Waals surface area contributed by atoms with Crippen LogP contribution in [0.4, 0.5) is 10.6 Å². The topological polar surface area (TPSA) is 78.6 Å². The largest absolute Gasteiger partial charge is 0.394 e. The van der Waals surface area contributed by atoms with Gasteiger partial charge >= 0.3 is 6.03 Å². The van der Waals surface area contributed by atoms with Crippen molar-refractivity contribution in [1.82, 2.24) is 10.1 Å². The third kappa shape index (κ3) is 2.08. The summed E-state index contributed by atoms with van der Waals surface area (Å²) in [5.74, 6) is 1.44. The number of urea groups is 1. The molecule has 2 amide bonds. The van der Waals surface area contributed by atoms with Crippen molar-refractivity contribution in [3.8, 4) is 0 Å². The molecule has 0 spiro atoms. The highest BCUT2D eigenvalue weighted by molar-refractivity contribution is 5.89. The van der Waals surface area contributed by atoms with E-state index >= 15 is 0 Å². The number of aromatic nitrogens is 1. The van der Waals surface area contributed by atoms with Crippen LogP contribution in [-0.4, -0.2) is 40.4 Å². The Hall–Kier alpha value is -1.56. The number of hydrogen-bond acceptors (Lipinski definition) is 4. The summed E-state index contributed by atoms with van der Waals surface area (Å²) in [5, 5.41) is 16.3. The Kier molecular flexibility index (Phi) is 3.41. The highest BCUT2D eigenvalue weighted by Crippen LogP contribution is 2.37. The van der Waals surface area contributed by atoms with E-state index in [0.29, 0.717) is 5.82 Å². The Bertz CT molecular complexity index is 502. The molecule has 6 heteroatoms. The van der Waals surface area contributed by atoms with Crippen molar-refractivity contribution in [3.63, 3.8) is 0 Å². The van der Waals surface area contributed by atoms with Crippen LogP contribution < -0.4 is 5.32 Å². The first kappa shape index (κ1) is 13.4. The van der Waals surface area contributed by atoms with Gasteiger partial charge in [0.15, 0.2) is 5.82 Å². The maximum absolute atomic E-state index is 12.3. The quantitative estimate of drug-likeness (QED) is 0.886. The van der Waals surface area contributed by atoms with Crippen LogP contribution in [0.3, 0.4) is 0 Å². The molecule has 6 nitrogen and oxygen atoms in total. The van der Waals surface area contributed by atoms with Crippen molar-refractivity contribution in [2.75, 3.05) is 19.0 Å². The lowest BCUT2D eigenvalue weighted by molar-refractivity contribution is 0.0152. The molecule has 0 bridgehead atoms. The fourth-order valence-corrected chi connectivity index (χ4v) is 3.07. The molecular formula is C14H21N3O3. The van der Waals surface area contributed by atoms with E-state index in [1.165, 1.54) is 0 Å². The van der Waals surface area contributed by atoms with Gasteiger partial charge in [-0.2, -0.15) is 0 Å². The number of aliphatic hydroxyl groups is 1. The third-order valence-electron chi connectivity index (χ3n) is 4.77. The van der Waals surface area contributed by atoms with Gasteiger partial charge in [0, 0.05) is 19.0 Å². The Balaban J connectivity index is 1.71. The van der Waals surface area contributed by atoms with E-state index in [2.05, 4.69) is 10.5 Å². The lowest BCUT2D eigenvalue weighted by Gasteiger charge is -2.47. The monoisotopic (exact) mass is 279 g/mol. The second-order valence-electron chi connectivity index (χ2n) is 5.87. The zero-order valence-corrected chi connectivity index (χ0v) is 11.8. The Morgan fingerprint density at radius 1 is 1.40 bits per heavy atom. The van der Waals surface area contributed by atoms with Gasteiger partial charge in [-0.25, -0.2) is 4.79 Å². The van der Waals surface area contributed by atoms with Crippen LogP contribution in [0.1, 0.15) is 43.4 Å². The number of nitrogens with zero attached hydrogens (tertiary/aromatic N) is 2. The Morgan fingerprint density at radius 2 is 2.15 bits per heavy atom. The molecule has 110 valence electrons. The minimum atomic E-state index is -0.395. The number of fused-ring (bicyclic) bond motifs is 1. The van der Waals surface area contributed by atoms with Crippen molar-refractivity contribution in [3.05, 3.63) is 11.3 Å². The molecule has 2 aliphatic carbocycles. The van der Waals surface area contributed by atoms with Gasteiger partial charge in [0.1, 0.15) is 5.76 Å². The van der Waals surface area contributed by atoms with Crippen molar-refractivity contribution in [2.24, 2.45) is 0 Å². The first-order chi connectivity index (χ1) is 9.66. The molecule has 0 aliphatic heterocycles. The van der Waals surface area contributed by atoms with E-state index in [-0.39, 0.29) is 12.6 Å². The number of aliphatic hydroxyl groups excluding tert-OH is 1. The summed E-state index contributed by atoms with van der Waals surface area (Å²) in [5.41, 5.74) is 0.637. The molecule has 20 heavy (non-hydrogen) atoms. The first-order valence-corrected chi connectivity index (χ1v) is 7.29. The van der Waals surface area contributed by atoms with Gasteiger partial charge in [-0.05, 0) is 38.5 Å². The summed E-state index contributed by atoms with van der Waals surface area (Å²) in [6.07, 6.45) is 6.78. The standard InChI is InChI=1S/C14H21N3O3/c1-17(14(9-18)7-4-8-14)13(19)15-12-10-5-2-3-6-11(10)20-16-12/h18H,2-9H2,1H3,(H,15,16,19). The molecule has 0 atom stereocenters. The number of nitrogens with one attached hydrogen (secondary N) is 1. The molecule has 3 rings (SSSR count). The van der Waals surface area contributed by atoms with Crippen LogP contribution in [0.2, 0.25) is 0 Å². The van der Waals surface area contributed by atoms with Crippen LogP contribution >= 0.6 is 0 Å². The Morgan fingerprint density at radius 3 is 2.80 bits per heavy atom. The van der Waals surface area contributed by atoms with Gasteiger partial charge in [0.2, 0.25) is 0 Å². The number of carbonyl (C=O) groups excluding carboxylic acids is 1. The van der Waals surface area contributed by atoms with E-state index in [1.807, 2.05) is 0 Å². The Labute approximate surface area is 118 Å². The highest BCUT2D eigenvalue weighted by atomic mass is 16.5. The molecule has 0 unspecified atom stereocenters. The van der Waals surface area contributed by atoms with E-state index in [4.69, 9.17) is 4.52 Å². The van der Waals surface area contributed by atoms with Gasteiger partial charge in [-0.15, -0.1) is 0 Å². The maximum Gasteiger partial charge on any atom is 0.323 e. The number of amides is 2. The lowest BCUT2D eigenvalue weighted by atomic mass is 9.76. The molecule has 2 aliphatic rings. The number of anilines is 1. The van der Waals surface area contributed by atoms with Gasteiger partial charge in [0.05, 0.1) is 12.1 Å². The van der Waals surface area contributed by atoms with Crippen LogP contribution in [0.25, 0.3) is 0 Å². The van der Waals surface area contributed by atoms with Crippen molar-refractivity contribution in [2.45, 2.75) is 50.5 Å². The summed E-state index contributed by atoms with van der Waals surface area (Å²) < 4.78 is 5.29. The zero-order valence-electron chi connectivity index (χ0n) is 11.8. The van der Waals surface area contributed by atoms with Crippen molar-refractivity contribution >= 4 is 11.8 Å². The van der Waals surface area contributed by atoms with Crippen molar-refractivity contribution in [1.29, 1.82) is 0 Å². The lowest BCUT2D eigenvalue weighted by Crippen LogP contribution is -2.57. The third-order valence-corrected chi connectivity index (χ3v) is 4.77. The molecule has 0 radical (unpaired) electrons. The summed E-state index contributed by atoms with van der Waals surface area (Å²) >= 11 is 0. The van der Waals surface area contributed by atoms with E-state index in [0.717, 1.165) is 56.3 Å². The predicted molar refractivity (Wildman–Crippen MR) is 73.6 cm³/mol. The summed E-state index contributed by atoms with van der Waals surface area (Å²) in [7, 11) is 1.73. The van der Waals surface area contributed by atoms with Crippen LogP contribution in [-0.2, 0) is 12.8 Å². The normalized spacial score (nSPS) is 19.9. The molecule has 2 N–H and O–H groups in total. The fraction of sp³-hybridized carbons (Fsp3) is 0.714. The number of aryl methyl sites for hydroxylation is 1. The minimum absolute atomic E-state index is 0.00778. The second kappa shape index (κ2) is 5.09. The SMILES string of the molecule is CN(C(=O)Nc1noc2c1CCCC2)C1(CO)CCC1. The van der Waals surface area contributed by atoms with E-state index in [9.17, 15) is 9.90 Å². The first-order valence-electron chi connectivity index (χ1n) is 7.29. The van der Waals surface area contributed by atoms with Crippen LogP contribution in [0.15, 0.2) is 4.52 Å². The van der Waals surface area contributed by atoms with Crippen LogP contribution in [0, 0.1) is 0 Å². The highest BCUT2D eigenvalue weighted by Gasteiger charge is 2.42. The zero-order chi connectivity index (χ0) is 14.2. The van der Waals surface area contributed by atoms with Crippen LogP contribution in [0.5, 0.6) is 0 Å². The van der Waals surface area contributed by atoms with Gasteiger partial charge in [-0.3, -0.25) is 5.32 Å². The molecule has 1 saturated carbocycles.